The third-order valence-corrected chi connectivity index (χ3v) is 1.54. The summed E-state index contributed by atoms with van der Waals surface area (Å²) in [4.78, 5) is 11.0. The summed E-state index contributed by atoms with van der Waals surface area (Å²) >= 11 is 0. The van der Waals surface area contributed by atoms with Crippen LogP contribution in [-0.4, -0.2) is 31.0 Å². The van der Waals surface area contributed by atoms with Crippen molar-refractivity contribution in [3.63, 3.8) is 0 Å². The summed E-state index contributed by atoms with van der Waals surface area (Å²) < 4.78 is 5.07. The molecule has 5 heteroatoms. The maximum absolute atomic E-state index is 11.0. The molecule has 0 saturated carbocycles. The van der Waals surface area contributed by atoms with Crippen LogP contribution < -0.4 is 10.7 Å². The number of urea groups is 1. The number of nitrogens with one attached hydrogen (secondary N) is 2. The smallest absolute Gasteiger partial charge is 0.335 e. The molecule has 1 aliphatic heterocycles. The van der Waals surface area contributed by atoms with Crippen LogP contribution in [0, 0.1) is 0 Å². The maximum Gasteiger partial charge on any atom is 0.335 e. The summed E-state index contributed by atoms with van der Waals surface area (Å²) in [5.74, 6) is 0. The molecule has 2 N–H and O–H groups in total. The van der Waals surface area contributed by atoms with E-state index >= 15 is 0 Å². The molecular formula is C8H15N3O2. The van der Waals surface area contributed by atoms with E-state index in [-0.39, 0.29) is 12.1 Å². The Balaban J connectivity index is 2.24. The van der Waals surface area contributed by atoms with Crippen LogP contribution in [0.4, 0.5) is 4.79 Å². The number of carbonyl (C=O) groups excluding carboxylic acids is 1. The molecule has 74 valence electrons. The molecule has 5 nitrogen and oxygen atoms in total. The Morgan fingerprint density at radius 1 is 1.62 bits per heavy atom. The van der Waals surface area contributed by atoms with Crippen LogP contribution >= 0.6 is 0 Å². The highest BCUT2D eigenvalue weighted by atomic mass is 16.5. The normalized spacial score (nSPS) is 19.5. The maximum atomic E-state index is 11.0. The molecule has 1 aliphatic rings. The third-order valence-electron chi connectivity index (χ3n) is 1.54. The van der Waals surface area contributed by atoms with E-state index in [4.69, 9.17) is 4.74 Å². The van der Waals surface area contributed by atoms with E-state index in [0.717, 1.165) is 12.1 Å². The van der Waals surface area contributed by atoms with E-state index in [9.17, 15) is 4.79 Å². The third kappa shape index (κ3) is 3.89. The summed E-state index contributed by atoms with van der Waals surface area (Å²) in [7, 11) is 0. The number of amides is 2. The molecule has 0 unspecified atom stereocenters. The molecule has 0 atom stereocenters. The summed E-state index contributed by atoms with van der Waals surface area (Å²) in [5.41, 5.74) is 3.30. The average Bonchev–Trinajstić information content (AvgIpc) is 2.51. The number of hydrazone groups is 1. The van der Waals surface area contributed by atoms with Crippen LogP contribution in [-0.2, 0) is 4.74 Å². The van der Waals surface area contributed by atoms with Crippen LogP contribution in [0.5, 0.6) is 0 Å². The van der Waals surface area contributed by atoms with Crippen molar-refractivity contribution in [1.29, 1.82) is 0 Å². The monoisotopic (exact) mass is 185 g/mol. The molecule has 1 rings (SSSR count). The van der Waals surface area contributed by atoms with Gasteiger partial charge in [0.1, 0.15) is 0 Å². The van der Waals surface area contributed by atoms with Crippen LogP contribution in [0.2, 0.25) is 0 Å². The predicted octanol–water partition coefficient (Wildman–Crippen LogP) is 0.470. The van der Waals surface area contributed by atoms with Gasteiger partial charge in [0, 0.05) is 12.5 Å². The molecular weight excluding hydrogens is 170 g/mol. The van der Waals surface area contributed by atoms with Gasteiger partial charge in [0.2, 0.25) is 0 Å². The van der Waals surface area contributed by atoms with Crippen molar-refractivity contribution in [2.24, 2.45) is 5.10 Å². The number of hydrogen-bond donors (Lipinski definition) is 2. The van der Waals surface area contributed by atoms with Gasteiger partial charge in [-0.1, -0.05) is 0 Å². The van der Waals surface area contributed by atoms with E-state index in [2.05, 4.69) is 15.8 Å². The fourth-order valence-electron chi connectivity index (χ4n) is 0.965. The van der Waals surface area contributed by atoms with Crippen LogP contribution in [0.15, 0.2) is 5.10 Å². The number of ether oxygens (including phenoxy) is 1. The van der Waals surface area contributed by atoms with Crippen LogP contribution in [0.1, 0.15) is 20.3 Å². The van der Waals surface area contributed by atoms with Crippen molar-refractivity contribution in [2.75, 3.05) is 13.2 Å². The highest BCUT2D eigenvalue weighted by molar-refractivity contribution is 5.88. The zero-order chi connectivity index (χ0) is 9.68. The first-order chi connectivity index (χ1) is 6.18. The van der Waals surface area contributed by atoms with Gasteiger partial charge < -0.3 is 10.1 Å². The molecule has 1 fully saturated rings. The molecule has 13 heavy (non-hydrogen) atoms. The fraction of sp³-hybridized carbons (Fsp3) is 0.750. The van der Waals surface area contributed by atoms with Crippen LogP contribution in [0.3, 0.4) is 0 Å². The second-order valence-electron chi connectivity index (χ2n) is 3.22. The predicted molar refractivity (Wildman–Crippen MR) is 49.7 cm³/mol. The minimum Gasteiger partial charge on any atom is -0.375 e. The molecule has 0 aliphatic carbocycles. The molecule has 1 heterocycles. The second-order valence-corrected chi connectivity index (χ2v) is 3.22. The first-order valence-corrected chi connectivity index (χ1v) is 4.38. The molecule has 2 amide bonds. The van der Waals surface area contributed by atoms with Crippen molar-refractivity contribution < 1.29 is 9.53 Å². The molecule has 0 radical (unpaired) electrons. The van der Waals surface area contributed by atoms with Gasteiger partial charge in [-0.2, -0.15) is 5.10 Å². The lowest BCUT2D eigenvalue weighted by Gasteiger charge is -2.06. The Labute approximate surface area is 77.5 Å². The first-order valence-electron chi connectivity index (χ1n) is 4.38. The van der Waals surface area contributed by atoms with Gasteiger partial charge in [0.05, 0.1) is 18.9 Å². The van der Waals surface area contributed by atoms with E-state index in [1.165, 1.54) is 0 Å². The van der Waals surface area contributed by atoms with E-state index in [1.807, 2.05) is 13.8 Å². The topological polar surface area (TPSA) is 62.7 Å². The summed E-state index contributed by atoms with van der Waals surface area (Å²) in [6, 6.07) is -0.144. The van der Waals surface area contributed by atoms with Crippen molar-refractivity contribution in [3.8, 4) is 0 Å². The lowest BCUT2D eigenvalue weighted by molar-refractivity contribution is 0.209. The van der Waals surface area contributed by atoms with Crippen LogP contribution in [0.25, 0.3) is 0 Å². The van der Waals surface area contributed by atoms with Gasteiger partial charge >= 0.3 is 6.03 Å². The number of carbonyl (C=O) groups is 1. The van der Waals surface area contributed by atoms with Crippen molar-refractivity contribution in [2.45, 2.75) is 26.3 Å². The van der Waals surface area contributed by atoms with E-state index in [0.29, 0.717) is 13.2 Å². The Kier molecular flexibility index (Phi) is 3.70. The fourth-order valence-corrected chi connectivity index (χ4v) is 0.965. The summed E-state index contributed by atoms with van der Waals surface area (Å²) in [6.07, 6.45) is 0.807. The Hall–Kier alpha value is -1.10. The van der Waals surface area contributed by atoms with Gasteiger partial charge in [-0.15, -0.1) is 0 Å². The zero-order valence-electron chi connectivity index (χ0n) is 7.96. The van der Waals surface area contributed by atoms with E-state index in [1.54, 1.807) is 0 Å². The number of nitrogens with zero attached hydrogens (tertiary/aromatic N) is 1. The van der Waals surface area contributed by atoms with Crippen molar-refractivity contribution in [1.82, 2.24) is 10.7 Å². The molecule has 0 aromatic carbocycles. The largest absolute Gasteiger partial charge is 0.375 e. The minimum atomic E-state index is -0.269. The van der Waals surface area contributed by atoms with Gasteiger partial charge in [0.15, 0.2) is 0 Å². The summed E-state index contributed by atoms with van der Waals surface area (Å²) in [6.45, 7) is 5.02. The van der Waals surface area contributed by atoms with Crippen molar-refractivity contribution in [3.05, 3.63) is 0 Å². The zero-order valence-corrected chi connectivity index (χ0v) is 7.96. The Morgan fingerprint density at radius 2 is 2.38 bits per heavy atom. The molecule has 0 bridgehead atoms. The SMILES string of the molecule is CC(C)NC(=O)N/N=C1/CCOC1. The van der Waals surface area contributed by atoms with E-state index < -0.39 is 0 Å². The molecule has 0 spiro atoms. The Morgan fingerprint density at radius 3 is 2.92 bits per heavy atom. The average molecular weight is 185 g/mol. The number of rotatable bonds is 2. The lowest BCUT2D eigenvalue weighted by atomic mass is 10.3. The summed E-state index contributed by atoms with van der Waals surface area (Å²) in [5, 5.41) is 6.57. The van der Waals surface area contributed by atoms with Gasteiger partial charge in [-0.05, 0) is 13.8 Å². The standard InChI is InChI=1S/C8H15N3O2/c1-6(2)9-8(12)11-10-7-3-4-13-5-7/h6H,3-5H2,1-2H3,(H2,9,11,12)/b10-7-. The first kappa shape index (κ1) is 9.98. The highest BCUT2D eigenvalue weighted by Gasteiger charge is 2.08. The van der Waals surface area contributed by atoms with Gasteiger partial charge in [-0.25, -0.2) is 10.2 Å². The molecule has 0 aromatic heterocycles. The van der Waals surface area contributed by atoms with Gasteiger partial charge in [0.25, 0.3) is 0 Å². The quantitative estimate of drug-likeness (QED) is 0.614. The molecule has 1 saturated heterocycles. The molecule has 0 aromatic rings. The number of hydrogen-bond acceptors (Lipinski definition) is 3. The van der Waals surface area contributed by atoms with Gasteiger partial charge in [-0.3, -0.25) is 0 Å². The lowest BCUT2D eigenvalue weighted by Crippen LogP contribution is -2.37. The minimum absolute atomic E-state index is 0.125. The second kappa shape index (κ2) is 4.81. The highest BCUT2D eigenvalue weighted by Crippen LogP contribution is 1.97. The Bertz CT molecular complexity index is 205. The van der Waals surface area contributed by atoms with Crippen molar-refractivity contribution >= 4 is 11.7 Å².